The summed E-state index contributed by atoms with van der Waals surface area (Å²) in [5.74, 6) is 1.35. The van der Waals surface area contributed by atoms with Crippen molar-refractivity contribution >= 4 is 34.5 Å². The van der Waals surface area contributed by atoms with Gasteiger partial charge in [0.1, 0.15) is 18.1 Å². The number of halogens is 1. The monoisotopic (exact) mass is 454 g/mol. The fourth-order valence-corrected chi connectivity index (χ4v) is 5.03. The maximum Gasteiger partial charge on any atom is 0.264 e. The molecule has 1 fully saturated rings. The van der Waals surface area contributed by atoms with Crippen LogP contribution in [0.2, 0.25) is 4.34 Å². The molecule has 1 amide bonds. The number of carbonyl (C=O) groups is 1. The van der Waals surface area contributed by atoms with Gasteiger partial charge in [0.2, 0.25) is 0 Å². The summed E-state index contributed by atoms with van der Waals surface area (Å²) in [6.07, 6.45) is 2.57. The molecule has 2 aliphatic rings. The highest BCUT2D eigenvalue weighted by atomic mass is 35.5. The number of likely N-dealkylation sites (tertiary alicyclic amines) is 1. The number of benzene rings is 2. The van der Waals surface area contributed by atoms with E-state index in [4.69, 9.17) is 21.1 Å². The van der Waals surface area contributed by atoms with E-state index in [0.29, 0.717) is 17.9 Å². The fraction of sp³-hybridized carbons (Fsp3) is 0.292. The molecule has 7 heteroatoms. The number of fused-ring (bicyclic) bond motifs is 1. The van der Waals surface area contributed by atoms with E-state index in [1.54, 1.807) is 4.90 Å². The summed E-state index contributed by atoms with van der Waals surface area (Å²) in [6.45, 7) is 4.15. The van der Waals surface area contributed by atoms with Crippen molar-refractivity contribution < 1.29 is 14.3 Å². The van der Waals surface area contributed by atoms with E-state index in [-0.39, 0.29) is 12.6 Å². The van der Waals surface area contributed by atoms with Gasteiger partial charge in [-0.2, -0.15) is 0 Å². The highest BCUT2D eigenvalue weighted by Crippen LogP contribution is 2.36. The van der Waals surface area contributed by atoms with Gasteiger partial charge in [-0.05, 0) is 80.0 Å². The van der Waals surface area contributed by atoms with Gasteiger partial charge in [-0.15, -0.1) is 11.3 Å². The zero-order valence-electron chi connectivity index (χ0n) is 17.1. The molecule has 2 aromatic carbocycles. The van der Waals surface area contributed by atoms with Crippen LogP contribution in [0.3, 0.4) is 0 Å². The molecule has 160 valence electrons. The molecule has 3 aromatic rings. The molecule has 0 radical (unpaired) electrons. The minimum atomic E-state index is -0.0697. The van der Waals surface area contributed by atoms with Crippen molar-refractivity contribution in [3.8, 4) is 21.9 Å². The summed E-state index contributed by atoms with van der Waals surface area (Å²) in [7, 11) is 0. The number of ether oxygens (including phenoxy) is 2. The first-order valence-electron chi connectivity index (χ1n) is 10.5. The lowest BCUT2D eigenvalue weighted by molar-refractivity contribution is 0.0937. The van der Waals surface area contributed by atoms with E-state index in [1.165, 1.54) is 37.3 Å². The SMILES string of the molecule is O=C1c2ccc(-c3ccc(Cl)s3)cc2OCN1c1ccc(OCCN2CCCC2)cc1. The predicted molar refractivity (Wildman–Crippen MR) is 125 cm³/mol. The van der Waals surface area contributed by atoms with Gasteiger partial charge in [0.25, 0.3) is 5.91 Å². The lowest BCUT2D eigenvalue weighted by Crippen LogP contribution is -2.38. The van der Waals surface area contributed by atoms with Crippen molar-refractivity contribution in [1.82, 2.24) is 4.90 Å². The van der Waals surface area contributed by atoms with E-state index in [9.17, 15) is 4.79 Å². The predicted octanol–water partition coefficient (Wildman–Crippen LogP) is 5.54. The van der Waals surface area contributed by atoms with Crippen molar-refractivity contribution in [3.63, 3.8) is 0 Å². The molecule has 5 nitrogen and oxygen atoms in total. The molecular formula is C24H23ClN2O3S. The Morgan fingerprint density at radius 2 is 1.84 bits per heavy atom. The summed E-state index contributed by atoms with van der Waals surface area (Å²) < 4.78 is 12.5. The van der Waals surface area contributed by atoms with Crippen molar-refractivity contribution in [2.45, 2.75) is 12.8 Å². The summed E-state index contributed by atoms with van der Waals surface area (Å²) in [6, 6.07) is 17.1. The Morgan fingerprint density at radius 3 is 2.58 bits per heavy atom. The molecule has 3 heterocycles. The van der Waals surface area contributed by atoms with Crippen LogP contribution in [0.15, 0.2) is 54.6 Å². The quantitative estimate of drug-likeness (QED) is 0.490. The highest BCUT2D eigenvalue weighted by Gasteiger charge is 2.27. The Hall–Kier alpha value is -2.54. The molecule has 5 rings (SSSR count). The molecule has 2 aliphatic heterocycles. The first kappa shape index (κ1) is 20.4. The number of thiophene rings is 1. The maximum absolute atomic E-state index is 13.1. The van der Waals surface area contributed by atoms with Gasteiger partial charge in [-0.3, -0.25) is 14.6 Å². The standard InChI is InChI=1S/C24H23ClN2O3S/c25-23-10-9-22(31-23)17-3-8-20-21(15-17)30-16-27(24(20)28)18-4-6-19(7-5-18)29-14-13-26-11-1-2-12-26/h3-10,15H,1-2,11-14,16H2. The molecular weight excluding hydrogens is 432 g/mol. The second kappa shape index (κ2) is 8.91. The van der Waals surface area contributed by atoms with Gasteiger partial charge in [-0.1, -0.05) is 17.7 Å². The van der Waals surface area contributed by atoms with Gasteiger partial charge < -0.3 is 9.47 Å². The first-order chi connectivity index (χ1) is 15.2. The van der Waals surface area contributed by atoms with Crippen LogP contribution in [-0.2, 0) is 0 Å². The number of rotatable bonds is 6. The normalized spacial score (nSPS) is 16.3. The number of nitrogens with zero attached hydrogens (tertiary/aromatic N) is 2. The third kappa shape index (κ3) is 4.42. The number of hydrogen-bond donors (Lipinski definition) is 0. The van der Waals surface area contributed by atoms with Crippen molar-refractivity contribution in [1.29, 1.82) is 0 Å². The molecule has 1 saturated heterocycles. The second-order valence-electron chi connectivity index (χ2n) is 7.71. The minimum absolute atomic E-state index is 0.0697. The third-order valence-electron chi connectivity index (χ3n) is 5.69. The Balaban J connectivity index is 1.25. The molecule has 0 atom stereocenters. The van der Waals surface area contributed by atoms with Gasteiger partial charge in [-0.25, -0.2) is 0 Å². The largest absolute Gasteiger partial charge is 0.492 e. The fourth-order valence-electron chi connectivity index (χ4n) is 3.99. The van der Waals surface area contributed by atoms with E-state index in [1.807, 2.05) is 54.6 Å². The van der Waals surface area contributed by atoms with Crippen LogP contribution >= 0.6 is 22.9 Å². The molecule has 0 unspecified atom stereocenters. The Labute approximate surface area is 190 Å². The average molecular weight is 455 g/mol. The topological polar surface area (TPSA) is 42.0 Å². The van der Waals surface area contributed by atoms with Crippen LogP contribution in [0.25, 0.3) is 10.4 Å². The number of hydrogen-bond acceptors (Lipinski definition) is 5. The maximum atomic E-state index is 13.1. The lowest BCUT2D eigenvalue weighted by Gasteiger charge is -2.29. The zero-order chi connectivity index (χ0) is 21.2. The van der Waals surface area contributed by atoms with Crippen molar-refractivity contribution in [2.24, 2.45) is 0 Å². The van der Waals surface area contributed by atoms with Crippen LogP contribution in [0, 0.1) is 0 Å². The van der Waals surface area contributed by atoms with Crippen LogP contribution in [0.5, 0.6) is 11.5 Å². The van der Waals surface area contributed by atoms with Gasteiger partial charge in [0, 0.05) is 17.1 Å². The smallest absolute Gasteiger partial charge is 0.264 e. The van der Waals surface area contributed by atoms with E-state index in [0.717, 1.165) is 32.8 Å². The lowest BCUT2D eigenvalue weighted by atomic mass is 10.1. The van der Waals surface area contributed by atoms with E-state index in [2.05, 4.69) is 4.90 Å². The van der Waals surface area contributed by atoms with Crippen LogP contribution < -0.4 is 14.4 Å². The average Bonchev–Trinajstić information content (AvgIpc) is 3.46. The molecule has 31 heavy (non-hydrogen) atoms. The molecule has 0 N–H and O–H groups in total. The molecule has 0 aliphatic carbocycles. The molecule has 0 bridgehead atoms. The summed E-state index contributed by atoms with van der Waals surface area (Å²) in [5.41, 5.74) is 2.34. The van der Waals surface area contributed by atoms with Crippen LogP contribution in [0.4, 0.5) is 5.69 Å². The molecule has 0 saturated carbocycles. The van der Waals surface area contributed by atoms with Crippen molar-refractivity contribution in [3.05, 3.63) is 64.5 Å². The Bertz CT molecular complexity index is 1080. The second-order valence-corrected chi connectivity index (χ2v) is 9.43. The highest BCUT2D eigenvalue weighted by molar-refractivity contribution is 7.19. The number of anilines is 1. The summed E-state index contributed by atoms with van der Waals surface area (Å²) in [5, 5.41) is 0. The van der Waals surface area contributed by atoms with E-state index >= 15 is 0 Å². The Kier molecular flexibility index (Phi) is 5.85. The summed E-state index contributed by atoms with van der Waals surface area (Å²) in [4.78, 5) is 18.2. The van der Waals surface area contributed by atoms with Gasteiger partial charge in [0.05, 0.1) is 9.90 Å². The van der Waals surface area contributed by atoms with Crippen LogP contribution in [-0.4, -0.2) is 43.8 Å². The third-order valence-corrected chi connectivity index (χ3v) is 6.97. The van der Waals surface area contributed by atoms with Crippen molar-refractivity contribution in [2.75, 3.05) is 37.9 Å². The number of amides is 1. The van der Waals surface area contributed by atoms with Crippen LogP contribution in [0.1, 0.15) is 23.2 Å². The minimum Gasteiger partial charge on any atom is -0.492 e. The summed E-state index contributed by atoms with van der Waals surface area (Å²) >= 11 is 7.55. The van der Waals surface area contributed by atoms with E-state index < -0.39 is 0 Å². The van der Waals surface area contributed by atoms with Gasteiger partial charge in [0.15, 0.2) is 6.73 Å². The molecule has 0 spiro atoms. The Morgan fingerprint density at radius 1 is 1.03 bits per heavy atom. The first-order valence-corrected chi connectivity index (χ1v) is 11.7. The number of carbonyl (C=O) groups excluding carboxylic acids is 1. The van der Waals surface area contributed by atoms with Gasteiger partial charge >= 0.3 is 0 Å². The zero-order valence-corrected chi connectivity index (χ0v) is 18.6. The molecule has 1 aromatic heterocycles.